The van der Waals surface area contributed by atoms with Crippen molar-refractivity contribution >= 4 is 44.9 Å². The molecule has 4 aliphatic rings. The van der Waals surface area contributed by atoms with Gasteiger partial charge in [0.15, 0.2) is 0 Å². The van der Waals surface area contributed by atoms with Crippen LogP contribution in [0.25, 0.3) is 16.7 Å². The molecule has 2 aliphatic carbocycles. The lowest BCUT2D eigenvalue weighted by molar-refractivity contribution is -0.141. The van der Waals surface area contributed by atoms with Crippen molar-refractivity contribution in [3.63, 3.8) is 0 Å². The minimum absolute atomic E-state index is 0.0230. The summed E-state index contributed by atoms with van der Waals surface area (Å²) in [4.78, 5) is 61.7. The van der Waals surface area contributed by atoms with Crippen molar-refractivity contribution in [1.29, 1.82) is 0 Å². The Hall–Kier alpha value is -4.92. The summed E-state index contributed by atoms with van der Waals surface area (Å²) >= 11 is 0. The van der Waals surface area contributed by atoms with Gasteiger partial charge in [-0.05, 0) is 90.5 Å². The number of nitrogens with one attached hydrogen (secondary N) is 3. The first-order valence-corrected chi connectivity index (χ1v) is 20.6. The lowest BCUT2D eigenvalue weighted by atomic mass is 10.0. The first-order valence-electron chi connectivity index (χ1n) is 19.1. The van der Waals surface area contributed by atoms with Crippen LogP contribution in [0.15, 0.2) is 67.0 Å². The maximum absolute atomic E-state index is 14.5. The van der Waals surface area contributed by atoms with Crippen molar-refractivity contribution in [3.05, 3.63) is 67.0 Å². The van der Waals surface area contributed by atoms with E-state index in [2.05, 4.69) is 20.3 Å². The molecular weight excluding hydrogens is 725 g/mol. The molecule has 55 heavy (non-hydrogen) atoms. The normalized spacial score (nSPS) is 27.4. The largest absolute Gasteiger partial charge is 0.488 e. The molecule has 3 aromatic rings. The molecule has 14 nitrogen and oxygen atoms in total. The van der Waals surface area contributed by atoms with Gasteiger partial charge >= 0.3 is 6.09 Å². The van der Waals surface area contributed by atoms with Gasteiger partial charge in [0.1, 0.15) is 41.4 Å². The molecule has 2 aromatic carbocycles. The lowest BCUT2D eigenvalue weighted by Crippen LogP contribution is -2.58. The minimum atomic E-state index is -3.98. The second-order valence-electron chi connectivity index (χ2n) is 16.5. The molecule has 7 rings (SSSR count). The number of benzene rings is 2. The van der Waals surface area contributed by atoms with E-state index in [9.17, 15) is 27.6 Å². The van der Waals surface area contributed by atoms with E-state index >= 15 is 0 Å². The molecule has 1 saturated heterocycles. The lowest BCUT2D eigenvalue weighted by Gasteiger charge is -2.30. The van der Waals surface area contributed by atoms with Crippen molar-refractivity contribution < 1.29 is 37.1 Å². The predicted molar refractivity (Wildman–Crippen MR) is 205 cm³/mol. The molecule has 1 aromatic heterocycles. The van der Waals surface area contributed by atoms with E-state index < -0.39 is 73.8 Å². The summed E-state index contributed by atoms with van der Waals surface area (Å²) in [6.07, 6.45) is 8.59. The molecule has 294 valence electrons. The molecular formula is C40H50N6O8S. The Morgan fingerprint density at radius 2 is 1.80 bits per heavy atom. The Kier molecular flexibility index (Phi) is 10.2. The van der Waals surface area contributed by atoms with Gasteiger partial charge in [-0.2, -0.15) is 0 Å². The number of nitrogens with zero attached hydrogens (tertiary/aromatic N) is 3. The van der Waals surface area contributed by atoms with Crippen molar-refractivity contribution in [2.24, 2.45) is 5.92 Å². The number of imidazole rings is 1. The van der Waals surface area contributed by atoms with Gasteiger partial charge in [-0.15, -0.1) is 0 Å². The molecule has 3 fully saturated rings. The third-order valence-corrected chi connectivity index (χ3v) is 13.2. The fourth-order valence-corrected chi connectivity index (χ4v) is 8.76. The highest BCUT2D eigenvalue weighted by atomic mass is 32.2. The minimum Gasteiger partial charge on any atom is -0.488 e. The van der Waals surface area contributed by atoms with Gasteiger partial charge in [0, 0.05) is 24.1 Å². The standard InChI is InChI=1S/C40H50N6O8S/c1-38(2,3)54-37(50)42-30-16-12-7-5-6-9-13-26-23-40(26,36(49)44-55(51,52)39(4)19-20-39)43-34(47)33-22-29(24-45(33)35(30)48)53-28-17-18-32-31(21-28)41-25-46(32)27-14-10-8-11-15-27/h8-11,13-15,17-18,21,25-26,29-30,33H,5-7,12,16,19-20,22-24H2,1-4H3,(H,42,50)(H,43,47)(H,44,49)/b13-9-/t26-,29-,30+,33+,40-/m1/s1. The van der Waals surface area contributed by atoms with Crippen LogP contribution in [0.1, 0.15) is 85.5 Å². The molecule has 5 atom stereocenters. The third kappa shape index (κ3) is 8.21. The Labute approximate surface area is 321 Å². The number of amides is 4. The van der Waals surface area contributed by atoms with Crippen LogP contribution in [-0.4, -0.2) is 87.3 Å². The van der Waals surface area contributed by atoms with E-state index in [-0.39, 0.29) is 19.4 Å². The number of carbonyl (C=O) groups excluding carboxylic acids is 4. The first kappa shape index (κ1) is 38.4. The summed E-state index contributed by atoms with van der Waals surface area (Å²) in [5.41, 5.74) is 0.221. The van der Waals surface area contributed by atoms with Crippen LogP contribution in [0, 0.1) is 5.92 Å². The van der Waals surface area contributed by atoms with Gasteiger partial charge in [-0.1, -0.05) is 43.2 Å². The predicted octanol–water partition coefficient (Wildman–Crippen LogP) is 4.66. The van der Waals surface area contributed by atoms with Gasteiger partial charge in [0.05, 0.1) is 22.3 Å². The molecule has 2 saturated carbocycles. The Bertz CT molecular complexity index is 2110. The van der Waals surface area contributed by atoms with Gasteiger partial charge in [-0.3, -0.25) is 23.7 Å². The zero-order valence-electron chi connectivity index (χ0n) is 31.7. The van der Waals surface area contributed by atoms with E-state index in [0.717, 1.165) is 24.0 Å². The summed E-state index contributed by atoms with van der Waals surface area (Å²) in [7, 11) is -3.98. The quantitative estimate of drug-likeness (QED) is 0.288. The molecule has 2 aliphatic heterocycles. The van der Waals surface area contributed by atoms with Crippen molar-refractivity contribution in [2.75, 3.05) is 6.54 Å². The van der Waals surface area contributed by atoms with Gasteiger partial charge in [-0.25, -0.2) is 18.2 Å². The summed E-state index contributed by atoms with van der Waals surface area (Å²) in [6.45, 7) is 6.82. The summed E-state index contributed by atoms with van der Waals surface area (Å²) < 4.78 is 41.4. The number of alkyl carbamates (subject to hydrolysis) is 1. The SMILES string of the molecule is CC(C)(C)OC(=O)N[C@H]1CCCCC/C=C\[C@@H]2C[C@@]2(C(=O)NS(=O)(=O)C2(C)CC2)NC(=O)[C@@H]2C[C@@H](Oc3ccc4c(c3)ncn4-c3ccccc3)CN2C1=O. The molecule has 15 heteroatoms. The number of hydrogen-bond donors (Lipinski definition) is 3. The monoisotopic (exact) mass is 774 g/mol. The van der Waals surface area contributed by atoms with Crippen LogP contribution in [0.3, 0.4) is 0 Å². The average Bonchev–Trinajstić information content (AvgIpc) is 3.93. The highest BCUT2D eigenvalue weighted by Gasteiger charge is 2.63. The van der Waals surface area contributed by atoms with Crippen LogP contribution in [0.5, 0.6) is 5.75 Å². The zero-order chi connectivity index (χ0) is 39.2. The number of fused-ring (bicyclic) bond motifs is 3. The van der Waals surface area contributed by atoms with Crippen LogP contribution >= 0.6 is 0 Å². The van der Waals surface area contributed by atoms with E-state index in [0.29, 0.717) is 43.4 Å². The van der Waals surface area contributed by atoms with E-state index in [1.165, 1.54) is 4.90 Å². The highest BCUT2D eigenvalue weighted by molar-refractivity contribution is 7.91. The van der Waals surface area contributed by atoms with Crippen LogP contribution < -0.4 is 20.1 Å². The third-order valence-electron chi connectivity index (χ3n) is 11.0. The number of hydrogen-bond acceptors (Lipinski definition) is 9. The van der Waals surface area contributed by atoms with Crippen molar-refractivity contribution in [1.82, 2.24) is 29.8 Å². The molecule has 4 amide bonds. The summed E-state index contributed by atoms with van der Waals surface area (Å²) in [5.74, 6) is -1.80. The molecule has 3 heterocycles. The molecule has 0 unspecified atom stereocenters. The van der Waals surface area contributed by atoms with Crippen LogP contribution in [0.4, 0.5) is 4.79 Å². The maximum atomic E-state index is 14.5. The van der Waals surface area contributed by atoms with Gasteiger partial charge in [0.25, 0.3) is 5.91 Å². The number of para-hydroxylation sites is 1. The van der Waals surface area contributed by atoms with Crippen molar-refractivity contribution in [2.45, 2.75) is 120 Å². The van der Waals surface area contributed by atoms with Crippen LogP contribution in [0.2, 0.25) is 0 Å². The highest BCUT2D eigenvalue weighted by Crippen LogP contribution is 2.47. The molecule has 3 N–H and O–H groups in total. The smallest absolute Gasteiger partial charge is 0.408 e. The summed E-state index contributed by atoms with van der Waals surface area (Å²) in [5, 5.41) is 5.65. The number of carbonyl (C=O) groups is 4. The van der Waals surface area contributed by atoms with E-state index in [1.54, 1.807) is 40.1 Å². The van der Waals surface area contributed by atoms with Crippen molar-refractivity contribution in [3.8, 4) is 11.4 Å². The van der Waals surface area contributed by atoms with Crippen LogP contribution in [-0.2, 0) is 29.1 Å². The fraction of sp³-hybridized carbons (Fsp3) is 0.525. The number of sulfonamides is 1. The Balaban J connectivity index is 1.17. The molecule has 0 spiro atoms. The Morgan fingerprint density at radius 1 is 1.04 bits per heavy atom. The number of aromatic nitrogens is 2. The summed E-state index contributed by atoms with van der Waals surface area (Å²) in [6, 6.07) is 13.3. The van der Waals surface area contributed by atoms with E-state index in [4.69, 9.17) is 9.47 Å². The van der Waals surface area contributed by atoms with Gasteiger partial charge in [0.2, 0.25) is 21.8 Å². The number of rotatable bonds is 7. The second kappa shape index (κ2) is 14.6. The second-order valence-corrected chi connectivity index (χ2v) is 18.7. The molecule has 0 radical (unpaired) electrons. The first-order chi connectivity index (χ1) is 26.1. The number of ether oxygens (including phenoxy) is 2. The zero-order valence-corrected chi connectivity index (χ0v) is 32.6. The fourth-order valence-electron chi connectivity index (χ4n) is 7.45. The van der Waals surface area contributed by atoms with E-state index in [1.807, 2.05) is 59.2 Å². The Morgan fingerprint density at radius 3 is 2.53 bits per heavy atom. The molecule has 0 bridgehead atoms. The maximum Gasteiger partial charge on any atom is 0.408 e. The average molecular weight is 775 g/mol. The van der Waals surface area contributed by atoms with Gasteiger partial charge < -0.3 is 25.0 Å². The number of allylic oxidation sites excluding steroid dienone is 1. The topological polar surface area (TPSA) is 178 Å².